The first-order valence-corrected chi connectivity index (χ1v) is 3.34. The van der Waals surface area contributed by atoms with Gasteiger partial charge in [0.25, 0.3) is 0 Å². The molecule has 4 heteroatoms. The van der Waals surface area contributed by atoms with Crippen molar-refractivity contribution in [1.82, 2.24) is 0 Å². The molecule has 0 aliphatic rings. The lowest BCUT2D eigenvalue weighted by Gasteiger charge is -2.03. The summed E-state index contributed by atoms with van der Waals surface area (Å²) in [6.45, 7) is 0.340. The molecule has 0 saturated heterocycles. The minimum atomic E-state index is -0.340. The van der Waals surface area contributed by atoms with Gasteiger partial charge in [-0.05, 0) is 0 Å². The molecule has 0 fully saturated rings. The Hall–Kier alpha value is -0.0900. The molecular formula is C5H9BrO3. The van der Waals surface area contributed by atoms with E-state index >= 15 is 0 Å². The predicted molar refractivity (Wildman–Crippen MR) is 36.6 cm³/mol. The molecule has 9 heavy (non-hydrogen) atoms. The average molecular weight is 197 g/mol. The van der Waals surface area contributed by atoms with Crippen LogP contribution in [-0.4, -0.2) is 31.6 Å². The van der Waals surface area contributed by atoms with Crippen molar-refractivity contribution in [1.29, 1.82) is 0 Å². The summed E-state index contributed by atoms with van der Waals surface area (Å²) in [7, 11) is 2.86. The third kappa shape index (κ3) is 3.48. The molecule has 0 heterocycles. The quantitative estimate of drug-likeness (QED) is 0.490. The number of rotatable bonds is 3. The van der Waals surface area contributed by atoms with Gasteiger partial charge >= 0.3 is 5.97 Å². The van der Waals surface area contributed by atoms with E-state index in [0.717, 1.165) is 0 Å². The highest BCUT2D eigenvalue weighted by atomic mass is 79.9. The molecule has 0 radical (unpaired) electrons. The molecule has 0 spiro atoms. The van der Waals surface area contributed by atoms with Gasteiger partial charge in [0.1, 0.15) is 4.83 Å². The van der Waals surface area contributed by atoms with Gasteiger partial charge in [-0.2, -0.15) is 0 Å². The molecule has 0 rings (SSSR count). The summed E-state index contributed by atoms with van der Waals surface area (Å²) in [6.07, 6.45) is 0. The highest BCUT2D eigenvalue weighted by Gasteiger charge is 2.13. The zero-order valence-corrected chi connectivity index (χ0v) is 6.97. The number of carbonyl (C=O) groups excluding carboxylic acids is 1. The lowest BCUT2D eigenvalue weighted by molar-refractivity contribution is -0.140. The van der Waals surface area contributed by atoms with Crippen molar-refractivity contribution in [3.05, 3.63) is 0 Å². The van der Waals surface area contributed by atoms with Gasteiger partial charge in [0.2, 0.25) is 0 Å². The zero-order chi connectivity index (χ0) is 7.28. The molecule has 0 amide bonds. The molecule has 0 bridgehead atoms. The van der Waals surface area contributed by atoms with Crippen LogP contribution in [0.15, 0.2) is 0 Å². The van der Waals surface area contributed by atoms with Gasteiger partial charge in [0.05, 0.1) is 13.7 Å². The van der Waals surface area contributed by atoms with Crippen LogP contribution in [0.3, 0.4) is 0 Å². The van der Waals surface area contributed by atoms with E-state index in [-0.39, 0.29) is 10.8 Å². The molecule has 54 valence electrons. The van der Waals surface area contributed by atoms with Crippen LogP contribution in [0.4, 0.5) is 0 Å². The average Bonchev–Trinajstić information content (AvgIpc) is 1.87. The van der Waals surface area contributed by atoms with E-state index in [1.54, 1.807) is 0 Å². The van der Waals surface area contributed by atoms with Crippen molar-refractivity contribution in [2.24, 2.45) is 0 Å². The number of esters is 1. The largest absolute Gasteiger partial charge is 0.468 e. The monoisotopic (exact) mass is 196 g/mol. The second-order valence-electron chi connectivity index (χ2n) is 1.45. The van der Waals surface area contributed by atoms with Crippen LogP contribution >= 0.6 is 15.9 Å². The van der Waals surface area contributed by atoms with Gasteiger partial charge < -0.3 is 9.47 Å². The van der Waals surface area contributed by atoms with Crippen molar-refractivity contribution < 1.29 is 14.3 Å². The first-order valence-electron chi connectivity index (χ1n) is 2.43. The van der Waals surface area contributed by atoms with Gasteiger partial charge in [-0.3, -0.25) is 4.79 Å². The number of hydrogen-bond acceptors (Lipinski definition) is 3. The summed E-state index contributed by atoms with van der Waals surface area (Å²) in [6, 6.07) is 0. The van der Waals surface area contributed by atoms with Crippen LogP contribution in [0, 0.1) is 0 Å². The van der Waals surface area contributed by atoms with Crippen molar-refractivity contribution in [3.8, 4) is 0 Å². The maximum absolute atomic E-state index is 10.6. The van der Waals surface area contributed by atoms with Crippen LogP contribution in [0.25, 0.3) is 0 Å². The maximum Gasteiger partial charge on any atom is 0.321 e. The number of ether oxygens (including phenoxy) is 2. The third-order valence-corrected chi connectivity index (χ3v) is 1.41. The first-order chi connectivity index (χ1) is 4.22. The standard InChI is InChI=1S/C5H9BrO3/c1-8-3-4(6)5(7)9-2/h4H,3H2,1-2H3. The molecule has 0 aliphatic carbocycles. The Morgan fingerprint density at radius 1 is 1.67 bits per heavy atom. The Morgan fingerprint density at radius 2 is 2.22 bits per heavy atom. The van der Waals surface area contributed by atoms with Gasteiger partial charge in [0.15, 0.2) is 0 Å². The topological polar surface area (TPSA) is 35.5 Å². The number of alkyl halides is 1. The van der Waals surface area contributed by atoms with E-state index in [9.17, 15) is 4.79 Å². The minimum Gasteiger partial charge on any atom is -0.468 e. The normalized spacial score (nSPS) is 12.8. The Labute approximate surface area is 62.5 Å². The second kappa shape index (κ2) is 4.76. The summed E-state index contributed by atoms with van der Waals surface area (Å²) >= 11 is 3.06. The number of methoxy groups -OCH3 is 2. The van der Waals surface area contributed by atoms with E-state index in [2.05, 4.69) is 25.4 Å². The Balaban J connectivity index is 3.45. The molecule has 0 aromatic heterocycles. The lowest BCUT2D eigenvalue weighted by Crippen LogP contribution is -2.20. The van der Waals surface area contributed by atoms with Crippen molar-refractivity contribution >= 4 is 21.9 Å². The minimum absolute atomic E-state index is 0.308. The second-order valence-corrected chi connectivity index (χ2v) is 2.55. The van der Waals surface area contributed by atoms with Crippen molar-refractivity contribution in [3.63, 3.8) is 0 Å². The van der Waals surface area contributed by atoms with Crippen LogP contribution < -0.4 is 0 Å². The van der Waals surface area contributed by atoms with Gasteiger partial charge in [0, 0.05) is 7.11 Å². The molecule has 0 aromatic rings. The summed E-state index contributed by atoms with van der Waals surface area (Å²) in [5, 5.41) is 0. The highest BCUT2D eigenvalue weighted by molar-refractivity contribution is 9.10. The predicted octanol–water partition coefficient (Wildman–Crippen LogP) is 0.569. The van der Waals surface area contributed by atoms with E-state index in [0.29, 0.717) is 6.61 Å². The molecule has 3 nitrogen and oxygen atoms in total. The first kappa shape index (κ1) is 8.91. The fourth-order valence-corrected chi connectivity index (χ4v) is 0.793. The Bertz CT molecular complexity index is 94.2. The third-order valence-electron chi connectivity index (χ3n) is 0.770. The molecule has 1 atom stereocenters. The summed E-state index contributed by atoms with van der Waals surface area (Å²) < 4.78 is 9.08. The molecule has 0 saturated carbocycles. The van der Waals surface area contributed by atoms with Gasteiger partial charge in [-0.25, -0.2) is 0 Å². The van der Waals surface area contributed by atoms with Crippen LogP contribution in [0.1, 0.15) is 0 Å². The van der Waals surface area contributed by atoms with E-state index in [4.69, 9.17) is 0 Å². The highest BCUT2D eigenvalue weighted by Crippen LogP contribution is 2.00. The fourth-order valence-electron chi connectivity index (χ4n) is 0.342. The van der Waals surface area contributed by atoms with Gasteiger partial charge in [-0.15, -0.1) is 0 Å². The van der Waals surface area contributed by atoms with E-state index in [1.165, 1.54) is 14.2 Å². The Kier molecular flexibility index (Phi) is 4.71. The number of carbonyl (C=O) groups is 1. The summed E-state index contributed by atoms with van der Waals surface area (Å²) in [5.74, 6) is -0.308. The molecular weight excluding hydrogens is 188 g/mol. The summed E-state index contributed by atoms with van der Waals surface area (Å²) in [4.78, 5) is 10.2. The number of halogens is 1. The zero-order valence-electron chi connectivity index (χ0n) is 5.39. The summed E-state index contributed by atoms with van der Waals surface area (Å²) in [5.41, 5.74) is 0. The Morgan fingerprint density at radius 3 is 2.56 bits per heavy atom. The van der Waals surface area contributed by atoms with Crippen LogP contribution in [0.2, 0.25) is 0 Å². The van der Waals surface area contributed by atoms with E-state index in [1.807, 2.05) is 0 Å². The molecule has 0 aromatic carbocycles. The number of hydrogen-bond donors (Lipinski definition) is 0. The maximum atomic E-state index is 10.6. The van der Waals surface area contributed by atoms with Crippen LogP contribution in [0.5, 0.6) is 0 Å². The van der Waals surface area contributed by atoms with Crippen molar-refractivity contribution in [2.45, 2.75) is 4.83 Å². The fraction of sp³-hybridized carbons (Fsp3) is 0.800. The van der Waals surface area contributed by atoms with Gasteiger partial charge in [-0.1, -0.05) is 15.9 Å². The molecule has 0 N–H and O–H groups in total. The SMILES string of the molecule is COCC(Br)C(=O)OC. The van der Waals surface area contributed by atoms with Crippen LogP contribution in [-0.2, 0) is 14.3 Å². The lowest BCUT2D eigenvalue weighted by atomic mass is 10.5. The molecule has 0 aliphatic heterocycles. The smallest absolute Gasteiger partial charge is 0.321 e. The van der Waals surface area contributed by atoms with E-state index < -0.39 is 0 Å². The molecule has 1 unspecified atom stereocenters. The van der Waals surface area contributed by atoms with Crippen molar-refractivity contribution in [2.75, 3.05) is 20.8 Å².